The van der Waals surface area contributed by atoms with Crippen molar-refractivity contribution in [3.8, 4) is 5.69 Å². The van der Waals surface area contributed by atoms with E-state index < -0.39 is 0 Å². The van der Waals surface area contributed by atoms with Crippen LogP contribution in [0, 0.1) is 13.8 Å². The van der Waals surface area contributed by atoms with E-state index in [-0.39, 0.29) is 5.91 Å². The number of rotatable bonds is 3. The molecule has 3 aromatic rings. The third-order valence-corrected chi connectivity index (χ3v) is 4.23. The van der Waals surface area contributed by atoms with Crippen molar-refractivity contribution in [1.29, 1.82) is 0 Å². The molecule has 0 bridgehead atoms. The third-order valence-electron chi connectivity index (χ3n) is 3.76. The molecule has 0 fully saturated rings. The molecule has 6 heteroatoms. The van der Waals surface area contributed by atoms with Gasteiger partial charge in [0.15, 0.2) is 0 Å². The van der Waals surface area contributed by atoms with Gasteiger partial charge in [-0.3, -0.25) is 4.79 Å². The minimum atomic E-state index is -0.230. The number of halogens is 2. The number of anilines is 1. The molecule has 0 atom stereocenters. The fourth-order valence-electron chi connectivity index (χ4n) is 2.42. The van der Waals surface area contributed by atoms with Crippen LogP contribution in [0.3, 0.4) is 0 Å². The number of hydrogen-bond acceptors (Lipinski definition) is 2. The highest BCUT2D eigenvalue weighted by Crippen LogP contribution is 2.22. The van der Waals surface area contributed by atoms with Crippen LogP contribution in [0.4, 0.5) is 5.69 Å². The number of aromatic nitrogens is 2. The second-order valence-electron chi connectivity index (χ2n) is 5.45. The molecule has 1 N–H and O–H groups in total. The summed E-state index contributed by atoms with van der Waals surface area (Å²) in [4.78, 5) is 12.6. The van der Waals surface area contributed by atoms with Crippen molar-refractivity contribution in [1.82, 2.24) is 9.78 Å². The van der Waals surface area contributed by atoms with Gasteiger partial charge in [0.2, 0.25) is 0 Å². The molecule has 0 saturated carbocycles. The second-order valence-corrected chi connectivity index (χ2v) is 6.32. The van der Waals surface area contributed by atoms with E-state index in [1.165, 1.54) is 0 Å². The zero-order valence-electron chi connectivity index (χ0n) is 13.2. The first-order valence-corrected chi connectivity index (χ1v) is 8.09. The number of nitrogens with zero attached hydrogens (tertiary/aromatic N) is 2. The molecule has 1 aromatic heterocycles. The van der Waals surface area contributed by atoms with Crippen LogP contribution in [0.15, 0.2) is 48.7 Å². The molecule has 122 valence electrons. The fourth-order valence-corrected chi connectivity index (χ4v) is 2.78. The highest BCUT2D eigenvalue weighted by Gasteiger charge is 2.16. The Morgan fingerprint density at radius 1 is 1.08 bits per heavy atom. The van der Waals surface area contributed by atoms with Crippen molar-refractivity contribution in [3.63, 3.8) is 0 Å². The maximum absolute atomic E-state index is 12.6. The number of carbonyl (C=O) groups excluding carboxylic acids is 1. The number of amides is 1. The van der Waals surface area contributed by atoms with Crippen LogP contribution >= 0.6 is 23.2 Å². The Hall–Kier alpha value is -2.30. The van der Waals surface area contributed by atoms with Crippen molar-refractivity contribution in [2.24, 2.45) is 0 Å². The fraction of sp³-hybridized carbons (Fsp3) is 0.111. The van der Waals surface area contributed by atoms with Crippen LogP contribution in [0.2, 0.25) is 10.0 Å². The summed E-state index contributed by atoms with van der Waals surface area (Å²) in [5.74, 6) is -0.230. The lowest BCUT2D eigenvalue weighted by Crippen LogP contribution is -2.14. The molecule has 0 spiro atoms. The third kappa shape index (κ3) is 3.30. The predicted molar refractivity (Wildman–Crippen MR) is 97.5 cm³/mol. The van der Waals surface area contributed by atoms with Gasteiger partial charge in [0.05, 0.1) is 23.1 Å². The molecule has 0 aliphatic carbocycles. The van der Waals surface area contributed by atoms with Crippen LogP contribution < -0.4 is 5.32 Å². The van der Waals surface area contributed by atoms with Gasteiger partial charge in [0, 0.05) is 15.7 Å². The predicted octanol–water partition coefficient (Wildman–Crippen LogP) is 5.05. The summed E-state index contributed by atoms with van der Waals surface area (Å²) in [6.45, 7) is 3.75. The van der Waals surface area contributed by atoms with Crippen LogP contribution in [-0.4, -0.2) is 15.7 Å². The molecule has 0 radical (unpaired) electrons. The Bertz CT molecular complexity index is 918. The maximum Gasteiger partial charge on any atom is 0.259 e. The highest BCUT2D eigenvalue weighted by atomic mass is 35.5. The monoisotopic (exact) mass is 359 g/mol. The zero-order valence-corrected chi connectivity index (χ0v) is 14.7. The second kappa shape index (κ2) is 6.67. The number of carbonyl (C=O) groups is 1. The van der Waals surface area contributed by atoms with E-state index in [0.717, 1.165) is 16.9 Å². The first-order valence-electron chi connectivity index (χ1n) is 7.34. The van der Waals surface area contributed by atoms with Gasteiger partial charge >= 0.3 is 0 Å². The molecule has 4 nitrogen and oxygen atoms in total. The van der Waals surface area contributed by atoms with Gasteiger partial charge in [0.1, 0.15) is 0 Å². The Balaban J connectivity index is 1.90. The van der Waals surface area contributed by atoms with Gasteiger partial charge in [-0.25, -0.2) is 4.68 Å². The summed E-state index contributed by atoms with van der Waals surface area (Å²) in [5.41, 5.74) is 3.65. The minimum Gasteiger partial charge on any atom is -0.322 e. The van der Waals surface area contributed by atoms with Crippen molar-refractivity contribution < 1.29 is 4.79 Å². The Labute approximate surface area is 150 Å². The molecule has 1 amide bonds. The number of aryl methyl sites for hydroxylation is 1. The lowest BCUT2D eigenvalue weighted by molar-refractivity contribution is 0.102. The molecule has 0 saturated heterocycles. The van der Waals surface area contributed by atoms with E-state index in [2.05, 4.69) is 10.4 Å². The summed E-state index contributed by atoms with van der Waals surface area (Å²) in [6, 6.07) is 12.7. The Morgan fingerprint density at radius 3 is 2.58 bits per heavy atom. The Morgan fingerprint density at radius 2 is 1.83 bits per heavy atom. The van der Waals surface area contributed by atoms with E-state index in [9.17, 15) is 4.79 Å². The highest BCUT2D eigenvalue weighted by molar-refractivity contribution is 6.31. The quantitative estimate of drug-likeness (QED) is 0.711. The zero-order chi connectivity index (χ0) is 17.3. The maximum atomic E-state index is 12.6. The molecule has 0 aliphatic rings. The van der Waals surface area contributed by atoms with E-state index in [0.29, 0.717) is 21.3 Å². The lowest BCUT2D eigenvalue weighted by atomic mass is 10.2. The lowest BCUT2D eigenvalue weighted by Gasteiger charge is -2.09. The molecule has 0 unspecified atom stereocenters. The smallest absolute Gasteiger partial charge is 0.259 e. The first kappa shape index (κ1) is 16.6. The average molecular weight is 360 g/mol. The average Bonchev–Trinajstić information content (AvgIpc) is 2.92. The molecule has 3 rings (SSSR count). The molecule has 2 aromatic carbocycles. The van der Waals surface area contributed by atoms with Gasteiger partial charge < -0.3 is 5.32 Å². The molecular formula is C18H15Cl2N3O. The number of nitrogens with one attached hydrogen (secondary N) is 1. The summed E-state index contributed by atoms with van der Waals surface area (Å²) >= 11 is 12.0. The van der Waals surface area contributed by atoms with E-state index >= 15 is 0 Å². The van der Waals surface area contributed by atoms with E-state index in [4.69, 9.17) is 23.2 Å². The summed E-state index contributed by atoms with van der Waals surface area (Å²) in [6.07, 6.45) is 1.55. The molecule has 1 heterocycles. The van der Waals surface area contributed by atoms with Gasteiger partial charge in [-0.1, -0.05) is 35.3 Å². The minimum absolute atomic E-state index is 0.230. The molecule has 0 aliphatic heterocycles. The van der Waals surface area contributed by atoms with Crippen molar-refractivity contribution in [3.05, 3.63) is 75.5 Å². The van der Waals surface area contributed by atoms with Gasteiger partial charge in [-0.2, -0.15) is 5.10 Å². The number of hydrogen-bond donors (Lipinski definition) is 1. The van der Waals surface area contributed by atoms with Gasteiger partial charge in [0.25, 0.3) is 5.91 Å². The number of benzene rings is 2. The Kier molecular flexibility index (Phi) is 4.60. The normalized spacial score (nSPS) is 10.7. The van der Waals surface area contributed by atoms with Crippen LogP contribution in [0.5, 0.6) is 0 Å². The topological polar surface area (TPSA) is 46.9 Å². The molecular weight excluding hydrogens is 345 g/mol. The summed E-state index contributed by atoms with van der Waals surface area (Å²) in [7, 11) is 0. The standard InChI is InChI=1S/C18H15Cl2N3O/c1-11-6-7-14(20)9-17(11)22-18(24)16-10-21-23(12(16)2)15-5-3-4-13(19)8-15/h3-10H,1-2H3,(H,22,24). The van der Waals surface area contributed by atoms with Crippen LogP contribution in [0.1, 0.15) is 21.6 Å². The van der Waals surface area contributed by atoms with E-state index in [1.807, 2.05) is 32.0 Å². The van der Waals surface area contributed by atoms with Crippen LogP contribution in [0.25, 0.3) is 5.69 Å². The molecule has 24 heavy (non-hydrogen) atoms. The SMILES string of the molecule is Cc1ccc(Cl)cc1NC(=O)c1cnn(-c2cccc(Cl)c2)c1C. The van der Waals surface area contributed by atoms with Crippen molar-refractivity contribution in [2.45, 2.75) is 13.8 Å². The van der Waals surface area contributed by atoms with Gasteiger partial charge in [-0.15, -0.1) is 0 Å². The van der Waals surface area contributed by atoms with E-state index in [1.54, 1.807) is 35.1 Å². The van der Waals surface area contributed by atoms with Crippen LogP contribution in [-0.2, 0) is 0 Å². The summed E-state index contributed by atoms with van der Waals surface area (Å²) < 4.78 is 1.69. The largest absolute Gasteiger partial charge is 0.322 e. The van der Waals surface area contributed by atoms with Gasteiger partial charge in [-0.05, 0) is 49.7 Å². The first-order chi connectivity index (χ1) is 11.5. The van der Waals surface area contributed by atoms with Crippen molar-refractivity contribution in [2.75, 3.05) is 5.32 Å². The summed E-state index contributed by atoms with van der Waals surface area (Å²) in [5, 5.41) is 8.37. The van der Waals surface area contributed by atoms with Crippen molar-refractivity contribution >= 4 is 34.8 Å².